The van der Waals surface area contributed by atoms with Crippen LogP contribution in [0.3, 0.4) is 0 Å². The number of carboxylic acid groups (broad SMARTS) is 1. The molecule has 0 fully saturated rings. The highest BCUT2D eigenvalue weighted by atomic mass is 35.5. The van der Waals surface area contributed by atoms with E-state index in [4.69, 9.17) is 16.7 Å². The van der Waals surface area contributed by atoms with Crippen LogP contribution in [0.4, 0.5) is 0 Å². The molecule has 134 valence electrons. The Balaban J connectivity index is 2.39. The zero-order chi connectivity index (χ0) is 17.8. The molecule has 0 radical (unpaired) electrons. The van der Waals surface area contributed by atoms with E-state index in [0.29, 0.717) is 11.5 Å². The molecule has 0 amide bonds. The number of Topliss-reactive ketones (excluding diaryl/α,β-unsaturated/α-hetero) is 1. The molecule has 1 atom stereocenters. The Kier molecular flexibility index (Phi) is 10.4. The minimum absolute atomic E-state index is 0.0397. The van der Waals surface area contributed by atoms with Crippen molar-refractivity contribution < 1.29 is 14.7 Å². The first-order valence-corrected chi connectivity index (χ1v) is 9.43. The normalized spacial score (nSPS) is 19.4. The van der Waals surface area contributed by atoms with Gasteiger partial charge in [-0.2, -0.15) is 0 Å². The number of hydrogen-bond donors (Lipinski definition) is 1. The summed E-state index contributed by atoms with van der Waals surface area (Å²) in [5, 5.41) is 8.95. The predicted molar refractivity (Wildman–Crippen MR) is 99.1 cm³/mol. The second-order valence-electron chi connectivity index (χ2n) is 6.29. The van der Waals surface area contributed by atoms with E-state index in [-0.39, 0.29) is 18.1 Å². The van der Waals surface area contributed by atoms with E-state index in [0.717, 1.165) is 44.1 Å². The summed E-state index contributed by atoms with van der Waals surface area (Å²) in [7, 11) is 0. The lowest BCUT2D eigenvalue weighted by Gasteiger charge is -2.08. The number of hydrogen-bond acceptors (Lipinski definition) is 2. The van der Waals surface area contributed by atoms with Gasteiger partial charge in [-0.05, 0) is 38.5 Å². The monoisotopic (exact) mass is 352 g/mol. The van der Waals surface area contributed by atoms with Crippen molar-refractivity contribution in [1.29, 1.82) is 0 Å². The highest BCUT2D eigenvalue weighted by Crippen LogP contribution is 2.33. The van der Waals surface area contributed by atoms with Crippen LogP contribution in [0.5, 0.6) is 0 Å². The van der Waals surface area contributed by atoms with Gasteiger partial charge in [0.1, 0.15) is 0 Å². The summed E-state index contributed by atoms with van der Waals surface area (Å²) in [5.74, 6) is -0.663. The zero-order valence-corrected chi connectivity index (χ0v) is 15.4. The van der Waals surface area contributed by atoms with Crippen LogP contribution in [0, 0.1) is 5.92 Å². The van der Waals surface area contributed by atoms with Crippen LogP contribution in [-0.2, 0) is 9.59 Å². The molecule has 0 spiro atoms. The van der Waals surface area contributed by atoms with Crippen molar-refractivity contribution >= 4 is 23.4 Å². The van der Waals surface area contributed by atoms with Gasteiger partial charge in [0.2, 0.25) is 0 Å². The van der Waals surface area contributed by atoms with Crippen LogP contribution in [0.2, 0.25) is 0 Å². The molecule has 4 heteroatoms. The standard InChI is InChI=1S/C20H29ClO3/c1-2-3-4-5-6-9-12-16-15-18(21)20(24)17(16)13-10-7-8-11-14-19(22)23/h5-6,13,15-16H,2-4,7-12,14H2,1H3,(H,22,23). The summed E-state index contributed by atoms with van der Waals surface area (Å²) < 4.78 is 0. The van der Waals surface area contributed by atoms with Gasteiger partial charge in [-0.15, -0.1) is 0 Å². The molecule has 0 aromatic rings. The van der Waals surface area contributed by atoms with E-state index in [1.54, 1.807) is 0 Å². The fourth-order valence-corrected chi connectivity index (χ4v) is 3.08. The van der Waals surface area contributed by atoms with E-state index in [1.165, 1.54) is 12.8 Å². The first kappa shape index (κ1) is 20.7. The van der Waals surface area contributed by atoms with Crippen molar-refractivity contribution in [2.24, 2.45) is 5.92 Å². The van der Waals surface area contributed by atoms with Crippen LogP contribution in [0.25, 0.3) is 0 Å². The van der Waals surface area contributed by atoms with Crippen molar-refractivity contribution in [3.05, 3.63) is 34.9 Å². The molecular formula is C20H29ClO3. The van der Waals surface area contributed by atoms with E-state index in [1.807, 2.05) is 12.2 Å². The first-order valence-electron chi connectivity index (χ1n) is 9.05. The van der Waals surface area contributed by atoms with Crippen LogP contribution in [0.15, 0.2) is 34.9 Å². The highest BCUT2D eigenvalue weighted by molar-refractivity contribution is 6.46. The average molecular weight is 353 g/mol. The molecule has 1 N–H and O–H groups in total. The molecule has 0 aromatic carbocycles. The number of halogens is 1. The van der Waals surface area contributed by atoms with Gasteiger partial charge in [-0.1, -0.05) is 62.1 Å². The molecule has 1 aliphatic rings. The molecule has 0 aliphatic heterocycles. The smallest absolute Gasteiger partial charge is 0.303 e. The maximum Gasteiger partial charge on any atom is 0.303 e. The second kappa shape index (κ2) is 12.1. The predicted octanol–water partition coefficient (Wildman–Crippen LogP) is 5.80. The molecule has 0 bridgehead atoms. The van der Waals surface area contributed by atoms with Gasteiger partial charge < -0.3 is 5.11 Å². The molecule has 1 unspecified atom stereocenters. The fraction of sp³-hybridized carbons (Fsp3) is 0.600. The largest absolute Gasteiger partial charge is 0.481 e. The quantitative estimate of drug-likeness (QED) is 0.274. The Morgan fingerprint density at radius 3 is 2.62 bits per heavy atom. The minimum atomic E-state index is -0.748. The Hall–Kier alpha value is -1.35. The van der Waals surface area contributed by atoms with Crippen molar-refractivity contribution in [2.45, 2.75) is 71.1 Å². The molecule has 3 nitrogen and oxygen atoms in total. The Bertz CT molecular complexity index is 503. The lowest BCUT2D eigenvalue weighted by Crippen LogP contribution is -2.03. The zero-order valence-electron chi connectivity index (χ0n) is 14.6. The molecule has 24 heavy (non-hydrogen) atoms. The van der Waals surface area contributed by atoms with Crippen molar-refractivity contribution in [1.82, 2.24) is 0 Å². The van der Waals surface area contributed by atoms with E-state index >= 15 is 0 Å². The first-order chi connectivity index (χ1) is 11.6. The molecule has 0 saturated carbocycles. The van der Waals surface area contributed by atoms with Gasteiger partial charge in [-0.3, -0.25) is 9.59 Å². The molecule has 0 saturated heterocycles. The number of carboxylic acids is 1. The molecule has 0 aromatic heterocycles. The van der Waals surface area contributed by atoms with E-state index in [2.05, 4.69) is 19.1 Å². The fourth-order valence-electron chi connectivity index (χ4n) is 2.82. The van der Waals surface area contributed by atoms with Crippen molar-refractivity contribution in [3.63, 3.8) is 0 Å². The van der Waals surface area contributed by atoms with Gasteiger partial charge >= 0.3 is 5.97 Å². The number of unbranched alkanes of at least 4 members (excludes halogenated alkanes) is 5. The number of allylic oxidation sites excluding steroid dienone is 6. The third-order valence-electron chi connectivity index (χ3n) is 4.22. The summed E-state index contributed by atoms with van der Waals surface area (Å²) in [6.45, 7) is 2.18. The molecular weight excluding hydrogens is 324 g/mol. The third kappa shape index (κ3) is 7.96. The molecule has 1 aliphatic carbocycles. The molecule has 0 heterocycles. The topological polar surface area (TPSA) is 54.4 Å². The van der Waals surface area contributed by atoms with Crippen LogP contribution in [-0.4, -0.2) is 16.9 Å². The highest BCUT2D eigenvalue weighted by Gasteiger charge is 2.27. The number of ketones is 1. The lowest BCUT2D eigenvalue weighted by atomic mass is 9.95. The summed E-state index contributed by atoms with van der Waals surface area (Å²) >= 11 is 6.02. The number of carbonyl (C=O) groups excluding carboxylic acids is 1. The number of rotatable bonds is 12. The van der Waals surface area contributed by atoms with Gasteiger partial charge in [0, 0.05) is 17.9 Å². The van der Waals surface area contributed by atoms with E-state index < -0.39 is 5.97 Å². The van der Waals surface area contributed by atoms with Crippen molar-refractivity contribution in [3.8, 4) is 0 Å². The summed E-state index contributed by atoms with van der Waals surface area (Å²) in [4.78, 5) is 22.6. The van der Waals surface area contributed by atoms with Gasteiger partial charge in [0.15, 0.2) is 5.78 Å². The summed E-state index contributed by atoms with van der Waals surface area (Å²) in [6, 6.07) is 0. The second-order valence-corrected chi connectivity index (χ2v) is 6.70. The summed E-state index contributed by atoms with van der Waals surface area (Å²) in [5.41, 5.74) is 0.820. The summed E-state index contributed by atoms with van der Waals surface area (Å²) in [6.07, 6.45) is 17.2. The van der Waals surface area contributed by atoms with E-state index in [9.17, 15) is 9.59 Å². The minimum Gasteiger partial charge on any atom is -0.481 e. The van der Waals surface area contributed by atoms with Crippen LogP contribution >= 0.6 is 11.6 Å². The van der Waals surface area contributed by atoms with Crippen molar-refractivity contribution in [2.75, 3.05) is 0 Å². The number of carbonyl (C=O) groups is 2. The third-order valence-corrected chi connectivity index (χ3v) is 4.52. The maximum atomic E-state index is 12.1. The Morgan fingerprint density at radius 2 is 1.92 bits per heavy atom. The maximum absolute atomic E-state index is 12.1. The van der Waals surface area contributed by atoms with Gasteiger partial charge in [0.25, 0.3) is 0 Å². The van der Waals surface area contributed by atoms with Gasteiger partial charge in [-0.25, -0.2) is 0 Å². The van der Waals surface area contributed by atoms with Crippen LogP contribution < -0.4 is 0 Å². The number of aliphatic carboxylic acids is 1. The Morgan fingerprint density at radius 1 is 1.17 bits per heavy atom. The Labute approximate surface area is 150 Å². The lowest BCUT2D eigenvalue weighted by molar-refractivity contribution is -0.137. The van der Waals surface area contributed by atoms with Crippen LogP contribution in [0.1, 0.15) is 71.1 Å². The average Bonchev–Trinajstić information content (AvgIpc) is 2.81. The van der Waals surface area contributed by atoms with Gasteiger partial charge in [0.05, 0.1) is 5.03 Å². The SMILES string of the molecule is CCCCC=CCCC1C=C(Cl)C(=O)C1=CCCCCCC(=O)O. The molecule has 1 rings (SSSR count).